The van der Waals surface area contributed by atoms with Crippen LogP contribution in [0.1, 0.15) is 58.3 Å². The minimum atomic E-state index is -0.0735. The average Bonchev–Trinajstić information content (AvgIpc) is 3.60. The molecule has 38 heavy (non-hydrogen) atoms. The first-order valence-corrected chi connectivity index (χ1v) is 13.8. The Kier molecular flexibility index (Phi) is 5.88. The van der Waals surface area contributed by atoms with Gasteiger partial charge in [-0.25, -0.2) is 0 Å². The first-order valence-electron chi connectivity index (χ1n) is 13.8. The SMILES string of the molecule is O=C(Nc1ccc(OCc2ccccc2)cc1)c1ccc2c(c1)[C@@H]1[C@H]3CC[C@@H](C3)[C@@H]1[C@@H](c1ccccc1)N2. The predicted molar refractivity (Wildman–Crippen MR) is 151 cm³/mol. The summed E-state index contributed by atoms with van der Waals surface area (Å²) in [7, 11) is 0. The van der Waals surface area contributed by atoms with Crippen molar-refractivity contribution >= 4 is 17.3 Å². The van der Waals surface area contributed by atoms with E-state index in [0.29, 0.717) is 24.5 Å². The van der Waals surface area contributed by atoms with Gasteiger partial charge in [0.15, 0.2) is 0 Å². The molecule has 1 aliphatic heterocycles. The van der Waals surface area contributed by atoms with Crippen LogP contribution >= 0.6 is 0 Å². The number of rotatable bonds is 6. The van der Waals surface area contributed by atoms with E-state index in [1.54, 1.807) is 0 Å². The standard InChI is InChI=1S/C34H32N2O2/c37-34(35-27-14-16-28(17-15-27)38-21-22-7-3-1-4-8-22)26-13-18-30-29(20-26)31-24-11-12-25(19-24)32(31)33(36-30)23-9-5-2-6-10-23/h1-10,13-18,20,24-25,31-33,36H,11-12,19,21H2,(H,35,37)/t24-,25-,31-,32-,33+/m0/s1. The minimum absolute atomic E-state index is 0.0735. The molecule has 3 aliphatic rings. The fourth-order valence-electron chi connectivity index (χ4n) is 7.20. The molecule has 0 aromatic heterocycles. The lowest BCUT2D eigenvalue weighted by Crippen LogP contribution is -2.35. The first kappa shape index (κ1) is 23.1. The number of anilines is 2. The zero-order valence-corrected chi connectivity index (χ0v) is 21.3. The van der Waals surface area contributed by atoms with Crippen LogP contribution in [0.3, 0.4) is 0 Å². The van der Waals surface area contributed by atoms with Crippen molar-refractivity contribution < 1.29 is 9.53 Å². The number of carbonyl (C=O) groups is 1. The molecule has 4 nitrogen and oxygen atoms in total. The quantitative estimate of drug-likeness (QED) is 0.284. The van der Waals surface area contributed by atoms with Crippen molar-refractivity contribution in [1.82, 2.24) is 0 Å². The van der Waals surface area contributed by atoms with Crippen molar-refractivity contribution in [1.29, 1.82) is 0 Å². The van der Waals surface area contributed by atoms with E-state index in [4.69, 9.17) is 4.74 Å². The molecular weight excluding hydrogens is 468 g/mol. The Labute approximate surface area is 224 Å². The van der Waals surface area contributed by atoms with E-state index in [1.165, 1.54) is 36.1 Å². The van der Waals surface area contributed by atoms with Gasteiger partial charge in [0.05, 0.1) is 6.04 Å². The van der Waals surface area contributed by atoms with E-state index in [9.17, 15) is 4.79 Å². The lowest BCUT2D eigenvalue weighted by atomic mass is 9.68. The summed E-state index contributed by atoms with van der Waals surface area (Å²) in [6.45, 7) is 0.519. The highest BCUT2D eigenvalue weighted by Crippen LogP contribution is 2.63. The molecule has 0 unspecified atom stereocenters. The molecular formula is C34H32N2O2. The number of benzene rings is 4. The molecule has 7 rings (SSSR count). The Morgan fingerprint density at radius 1 is 0.842 bits per heavy atom. The van der Waals surface area contributed by atoms with Crippen LogP contribution in [0, 0.1) is 17.8 Å². The molecule has 2 saturated carbocycles. The van der Waals surface area contributed by atoms with E-state index in [0.717, 1.165) is 34.4 Å². The van der Waals surface area contributed by atoms with Gasteiger partial charge in [-0.15, -0.1) is 0 Å². The molecule has 1 amide bonds. The molecule has 1 heterocycles. The molecule has 2 aliphatic carbocycles. The zero-order chi connectivity index (χ0) is 25.5. The number of nitrogens with one attached hydrogen (secondary N) is 2. The fraction of sp³-hybridized carbons (Fsp3) is 0.265. The van der Waals surface area contributed by atoms with Crippen LogP contribution in [0.5, 0.6) is 5.75 Å². The molecule has 2 bridgehead atoms. The summed E-state index contributed by atoms with van der Waals surface area (Å²) in [5.41, 5.74) is 6.49. The third-order valence-electron chi connectivity index (χ3n) is 8.87. The Bertz CT molecular complexity index is 1430. The number of amides is 1. The Morgan fingerprint density at radius 3 is 2.37 bits per heavy atom. The van der Waals surface area contributed by atoms with Crippen LogP contribution in [0.2, 0.25) is 0 Å². The van der Waals surface area contributed by atoms with Gasteiger partial charge in [-0.3, -0.25) is 4.79 Å². The normalized spacial score (nSPS) is 24.7. The van der Waals surface area contributed by atoms with E-state index in [2.05, 4.69) is 53.1 Å². The fourth-order valence-corrected chi connectivity index (χ4v) is 7.20. The van der Waals surface area contributed by atoms with Gasteiger partial charge in [-0.2, -0.15) is 0 Å². The van der Waals surface area contributed by atoms with E-state index in [-0.39, 0.29) is 5.91 Å². The Balaban J connectivity index is 1.08. The topological polar surface area (TPSA) is 50.4 Å². The van der Waals surface area contributed by atoms with E-state index >= 15 is 0 Å². The zero-order valence-electron chi connectivity index (χ0n) is 21.3. The Hall–Kier alpha value is -4.05. The van der Waals surface area contributed by atoms with E-state index < -0.39 is 0 Å². The van der Waals surface area contributed by atoms with Gasteiger partial charge in [0.2, 0.25) is 0 Å². The molecule has 0 saturated heterocycles. The van der Waals surface area contributed by atoms with Gasteiger partial charge in [0.1, 0.15) is 12.4 Å². The number of fused-ring (bicyclic) bond motifs is 7. The third-order valence-corrected chi connectivity index (χ3v) is 8.87. The molecule has 0 radical (unpaired) electrons. The molecule has 2 fully saturated rings. The number of carbonyl (C=O) groups excluding carboxylic acids is 1. The minimum Gasteiger partial charge on any atom is -0.489 e. The van der Waals surface area contributed by atoms with Crippen LogP contribution in [-0.4, -0.2) is 5.91 Å². The van der Waals surface area contributed by atoms with Crippen LogP contribution in [0.25, 0.3) is 0 Å². The molecule has 5 atom stereocenters. The average molecular weight is 501 g/mol. The van der Waals surface area contributed by atoms with E-state index in [1.807, 2.05) is 60.7 Å². The van der Waals surface area contributed by atoms with Crippen molar-refractivity contribution in [3.8, 4) is 5.75 Å². The van der Waals surface area contributed by atoms with Crippen molar-refractivity contribution in [2.24, 2.45) is 17.8 Å². The smallest absolute Gasteiger partial charge is 0.255 e. The molecule has 4 aromatic carbocycles. The van der Waals surface area contributed by atoms with Gasteiger partial charge in [0.25, 0.3) is 5.91 Å². The maximum absolute atomic E-state index is 13.3. The maximum Gasteiger partial charge on any atom is 0.255 e. The number of hydrogen-bond acceptors (Lipinski definition) is 3. The van der Waals surface area contributed by atoms with Crippen LogP contribution in [0.4, 0.5) is 11.4 Å². The summed E-state index contributed by atoms with van der Waals surface area (Å²) in [5.74, 6) is 3.29. The highest BCUT2D eigenvalue weighted by atomic mass is 16.5. The van der Waals surface area contributed by atoms with Gasteiger partial charge >= 0.3 is 0 Å². The lowest BCUT2D eigenvalue weighted by molar-refractivity contribution is 0.102. The summed E-state index contributed by atoms with van der Waals surface area (Å²) in [4.78, 5) is 13.3. The molecule has 2 N–H and O–H groups in total. The van der Waals surface area contributed by atoms with Crippen LogP contribution in [-0.2, 0) is 6.61 Å². The Morgan fingerprint density at radius 2 is 1.58 bits per heavy atom. The first-order chi connectivity index (χ1) is 18.7. The monoisotopic (exact) mass is 500 g/mol. The molecule has 0 spiro atoms. The summed E-state index contributed by atoms with van der Waals surface area (Å²) in [6, 6.07) is 35.1. The molecule has 4 aromatic rings. The summed E-state index contributed by atoms with van der Waals surface area (Å²) in [6.07, 6.45) is 3.95. The van der Waals surface area contributed by atoms with Crippen molar-refractivity contribution in [3.05, 3.63) is 125 Å². The summed E-state index contributed by atoms with van der Waals surface area (Å²) < 4.78 is 5.88. The van der Waals surface area contributed by atoms with Crippen LogP contribution < -0.4 is 15.4 Å². The highest BCUT2D eigenvalue weighted by molar-refractivity contribution is 6.04. The van der Waals surface area contributed by atoms with Crippen molar-refractivity contribution in [2.75, 3.05) is 10.6 Å². The van der Waals surface area contributed by atoms with Gasteiger partial charge in [-0.1, -0.05) is 60.7 Å². The van der Waals surface area contributed by atoms with Crippen LogP contribution in [0.15, 0.2) is 103 Å². The lowest BCUT2D eigenvalue weighted by Gasteiger charge is -2.43. The summed E-state index contributed by atoms with van der Waals surface area (Å²) in [5, 5.41) is 6.95. The third kappa shape index (κ3) is 4.24. The molecule has 4 heteroatoms. The summed E-state index contributed by atoms with van der Waals surface area (Å²) >= 11 is 0. The molecule has 190 valence electrons. The van der Waals surface area contributed by atoms with Crippen molar-refractivity contribution in [3.63, 3.8) is 0 Å². The van der Waals surface area contributed by atoms with Gasteiger partial charge in [-0.05, 0) is 102 Å². The second-order valence-corrected chi connectivity index (χ2v) is 11.0. The second-order valence-electron chi connectivity index (χ2n) is 11.0. The van der Waals surface area contributed by atoms with Crippen molar-refractivity contribution in [2.45, 2.75) is 37.8 Å². The largest absolute Gasteiger partial charge is 0.489 e. The number of ether oxygens (including phenoxy) is 1. The predicted octanol–water partition coefficient (Wildman–Crippen LogP) is 7.81. The number of hydrogen-bond donors (Lipinski definition) is 2. The van der Waals surface area contributed by atoms with Gasteiger partial charge in [0, 0.05) is 16.9 Å². The second kappa shape index (κ2) is 9.68. The highest BCUT2D eigenvalue weighted by Gasteiger charge is 2.53. The maximum atomic E-state index is 13.3. The van der Waals surface area contributed by atoms with Gasteiger partial charge < -0.3 is 15.4 Å².